The van der Waals surface area contributed by atoms with Gasteiger partial charge in [0.25, 0.3) is 5.91 Å². The summed E-state index contributed by atoms with van der Waals surface area (Å²) in [5, 5.41) is 20.1. The van der Waals surface area contributed by atoms with Gasteiger partial charge >= 0.3 is 6.03 Å². The highest BCUT2D eigenvalue weighted by molar-refractivity contribution is 6.52. The predicted octanol–water partition coefficient (Wildman–Crippen LogP) is 1.96. The molecule has 5 N–H and O–H groups in total. The maximum atomic E-state index is 13.1. The Kier molecular flexibility index (Phi) is 5.80. The van der Waals surface area contributed by atoms with Crippen LogP contribution in [0.2, 0.25) is 5.02 Å². The van der Waals surface area contributed by atoms with Gasteiger partial charge in [0.1, 0.15) is 23.5 Å². The van der Waals surface area contributed by atoms with Crippen LogP contribution >= 0.6 is 11.6 Å². The van der Waals surface area contributed by atoms with Gasteiger partial charge in [-0.15, -0.1) is 0 Å². The van der Waals surface area contributed by atoms with Crippen LogP contribution in [-0.4, -0.2) is 46.4 Å². The SMILES string of the molecule is CC1=C(Nc2cccc(Cl)c2)Nc2c(C3=NC(=O)NC3=O)cnn2C1NC(=O)C1CCNCC1. The minimum Gasteiger partial charge on any atom is -0.342 e. The number of benzene rings is 1. The predicted molar refractivity (Wildman–Crippen MR) is 126 cm³/mol. The van der Waals surface area contributed by atoms with Crippen LogP contribution in [-0.2, 0) is 9.59 Å². The molecule has 0 spiro atoms. The highest BCUT2D eigenvalue weighted by Crippen LogP contribution is 2.33. The molecular formula is C22H23ClN8O3. The van der Waals surface area contributed by atoms with Crippen molar-refractivity contribution in [3.8, 4) is 0 Å². The number of piperidine rings is 1. The molecule has 0 radical (unpaired) electrons. The van der Waals surface area contributed by atoms with Crippen molar-refractivity contribution in [1.29, 1.82) is 0 Å². The van der Waals surface area contributed by atoms with Gasteiger partial charge in [-0.2, -0.15) is 10.1 Å². The normalized spacial score (nSPS) is 20.4. The van der Waals surface area contributed by atoms with Gasteiger partial charge in [-0.25, -0.2) is 9.48 Å². The summed E-state index contributed by atoms with van der Waals surface area (Å²) < 4.78 is 1.59. The van der Waals surface area contributed by atoms with Crippen LogP contribution < -0.4 is 26.6 Å². The zero-order valence-corrected chi connectivity index (χ0v) is 19.1. The van der Waals surface area contributed by atoms with E-state index in [-0.39, 0.29) is 17.5 Å². The number of urea groups is 1. The molecule has 2 aromatic rings. The Balaban J connectivity index is 1.52. The van der Waals surface area contributed by atoms with Crippen molar-refractivity contribution in [1.82, 2.24) is 25.7 Å². The molecule has 3 aliphatic rings. The number of fused-ring (bicyclic) bond motifs is 1. The molecule has 4 amide bonds. The molecule has 3 aliphatic heterocycles. The quantitative estimate of drug-likeness (QED) is 0.438. The summed E-state index contributed by atoms with van der Waals surface area (Å²) >= 11 is 6.14. The van der Waals surface area contributed by atoms with E-state index in [0.29, 0.717) is 22.2 Å². The number of rotatable bonds is 5. The first-order valence-electron chi connectivity index (χ1n) is 10.9. The minimum absolute atomic E-state index is 0.0381. The number of aromatic nitrogens is 2. The summed E-state index contributed by atoms with van der Waals surface area (Å²) in [6.07, 6.45) is 2.35. The zero-order chi connectivity index (χ0) is 23.8. The maximum Gasteiger partial charge on any atom is 0.348 e. The molecule has 176 valence electrons. The van der Waals surface area contributed by atoms with Gasteiger partial charge in [-0.05, 0) is 51.1 Å². The third-order valence-corrected chi connectivity index (χ3v) is 6.31. The fourth-order valence-corrected chi connectivity index (χ4v) is 4.45. The van der Waals surface area contributed by atoms with Gasteiger partial charge < -0.3 is 21.3 Å². The van der Waals surface area contributed by atoms with Crippen LogP contribution in [0.25, 0.3) is 0 Å². The molecule has 1 atom stereocenters. The van der Waals surface area contributed by atoms with E-state index in [1.165, 1.54) is 6.20 Å². The second kappa shape index (κ2) is 8.92. The van der Waals surface area contributed by atoms with Crippen LogP contribution in [0.5, 0.6) is 0 Å². The first-order valence-corrected chi connectivity index (χ1v) is 11.3. The number of carbonyl (C=O) groups is 3. The Hall–Kier alpha value is -3.70. The highest BCUT2D eigenvalue weighted by atomic mass is 35.5. The first kappa shape index (κ1) is 22.1. The molecule has 0 bridgehead atoms. The minimum atomic E-state index is -0.726. The number of hydrogen-bond donors (Lipinski definition) is 5. The van der Waals surface area contributed by atoms with Crippen LogP contribution in [0.1, 0.15) is 31.5 Å². The van der Waals surface area contributed by atoms with Crippen molar-refractivity contribution in [2.45, 2.75) is 25.9 Å². The molecule has 0 aliphatic carbocycles. The van der Waals surface area contributed by atoms with Gasteiger partial charge in [-0.3, -0.25) is 14.9 Å². The third-order valence-electron chi connectivity index (χ3n) is 6.07. The van der Waals surface area contributed by atoms with Crippen LogP contribution in [0.15, 0.2) is 46.8 Å². The Morgan fingerprint density at radius 2 is 2.00 bits per heavy atom. The molecule has 1 saturated heterocycles. The molecule has 1 fully saturated rings. The van der Waals surface area contributed by atoms with Gasteiger partial charge in [-0.1, -0.05) is 17.7 Å². The maximum absolute atomic E-state index is 13.1. The van der Waals surface area contributed by atoms with Crippen molar-refractivity contribution in [3.63, 3.8) is 0 Å². The molecule has 34 heavy (non-hydrogen) atoms. The summed E-state index contributed by atoms with van der Waals surface area (Å²) in [7, 11) is 0. The van der Waals surface area contributed by atoms with Crippen LogP contribution in [0.4, 0.5) is 16.3 Å². The average molecular weight is 483 g/mol. The smallest absolute Gasteiger partial charge is 0.342 e. The fourth-order valence-electron chi connectivity index (χ4n) is 4.26. The molecule has 5 rings (SSSR count). The molecule has 0 saturated carbocycles. The number of anilines is 2. The van der Waals surface area contributed by atoms with Crippen molar-refractivity contribution in [2.75, 3.05) is 23.7 Å². The molecule has 11 nitrogen and oxygen atoms in total. The summed E-state index contributed by atoms with van der Waals surface area (Å²) in [6.45, 7) is 3.46. The second-order valence-corrected chi connectivity index (χ2v) is 8.76. The van der Waals surface area contributed by atoms with Crippen molar-refractivity contribution in [3.05, 3.63) is 52.4 Å². The Labute approximate surface area is 200 Å². The van der Waals surface area contributed by atoms with Crippen LogP contribution in [0.3, 0.4) is 0 Å². The van der Waals surface area contributed by atoms with Crippen LogP contribution in [0, 0.1) is 5.92 Å². The first-order chi connectivity index (χ1) is 16.4. The van der Waals surface area contributed by atoms with Crippen molar-refractivity contribution < 1.29 is 14.4 Å². The van der Waals surface area contributed by atoms with E-state index in [1.54, 1.807) is 16.8 Å². The van der Waals surface area contributed by atoms with E-state index in [4.69, 9.17) is 11.6 Å². The lowest BCUT2D eigenvalue weighted by atomic mass is 9.97. The van der Waals surface area contributed by atoms with Gasteiger partial charge in [0.2, 0.25) is 5.91 Å². The summed E-state index contributed by atoms with van der Waals surface area (Å²) in [5.74, 6) is 0.249. The summed E-state index contributed by atoms with van der Waals surface area (Å²) in [6, 6.07) is 6.49. The monoisotopic (exact) mass is 482 g/mol. The number of nitrogens with zero attached hydrogens (tertiary/aromatic N) is 3. The Morgan fingerprint density at radius 3 is 2.71 bits per heavy atom. The zero-order valence-electron chi connectivity index (χ0n) is 18.3. The number of nitrogens with one attached hydrogen (secondary N) is 5. The van der Waals surface area contributed by atoms with E-state index < -0.39 is 18.1 Å². The number of carbonyl (C=O) groups excluding carboxylic acids is 3. The van der Waals surface area contributed by atoms with E-state index in [1.807, 2.05) is 19.1 Å². The highest BCUT2D eigenvalue weighted by Gasteiger charge is 2.35. The van der Waals surface area contributed by atoms with Gasteiger partial charge in [0.15, 0.2) is 0 Å². The van der Waals surface area contributed by atoms with Crippen molar-refractivity contribution >= 4 is 46.7 Å². The van der Waals surface area contributed by atoms with E-state index in [9.17, 15) is 14.4 Å². The molecule has 4 heterocycles. The van der Waals surface area contributed by atoms with E-state index in [0.717, 1.165) is 37.2 Å². The molecule has 1 unspecified atom stereocenters. The second-order valence-electron chi connectivity index (χ2n) is 8.32. The number of hydrogen-bond acceptors (Lipinski definition) is 7. The van der Waals surface area contributed by atoms with Gasteiger partial charge in [0.05, 0.1) is 11.8 Å². The number of imide groups is 1. The third kappa shape index (κ3) is 4.15. The molecule has 1 aromatic carbocycles. The van der Waals surface area contributed by atoms with E-state index >= 15 is 0 Å². The fraction of sp³-hybridized carbons (Fsp3) is 0.318. The molecular weight excluding hydrogens is 460 g/mol. The Morgan fingerprint density at radius 1 is 1.21 bits per heavy atom. The molecule has 12 heteroatoms. The topological polar surface area (TPSA) is 142 Å². The summed E-state index contributed by atoms with van der Waals surface area (Å²) in [5.41, 5.74) is 1.82. The number of amides is 4. The van der Waals surface area contributed by atoms with E-state index in [2.05, 4.69) is 36.7 Å². The van der Waals surface area contributed by atoms with Crippen molar-refractivity contribution in [2.24, 2.45) is 10.9 Å². The largest absolute Gasteiger partial charge is 0.348 e. The lowest BCUT2D eigenvalue weighted by molar-refractivity contribution is -0.126. The lowest BCUT2D eigenvalue weighted by Crippen LogP contribution is -2.43. The average Bonchev–Trinajstić information content (AvgIpc) is 3.38. The number of halogens is 1. The van der Waals surface area contributed by atoms with Gasteiger partial charge in [0, 0.05) is 22.2 Å². The molecule has 1 aromatic heterocycles. The standard InChI is InChI=1S/C22H23ClN8O3/c1-11-17(26-14-4-2-3-13(23)9-14)28-19-15(16-21(33)30-22(34)27-16)10-25-31(19)18(11)29-20(32)12-5-7-24-8-6-12/h2-4,9-10,12,18,24,26,28H,5-8H2,1H3,(H,29,32)(H,30,33,34). The summed E-state index contributed by atoms with van der Waals surface area (Å²) in [4.78, 5) is 40.8. The Bertz CT molecular complexity index is 1240. The number of aliphatic imine (C=N–C) groups is 1. The lowest BCUT2D eigenvalue weighted by Gasteiger charge is -2.32.